The van der Waals surface area contributed by atoms with Gasteiger partial charge in [-0.3, -0.25) is 0 Å². The number of aromatic amines is 1. The summed E-state index contributed by atoms with van der Waals surface area (Å²) in [7, 11) is 0. The summed E-state index contributed by atoms with van der Waals surface area (Å²) in [6.07, 6.45) is 3.44. The lowest BCUT2D eigenvalue weighted by Crippen LogP contribution is -2.11. The number of benzene rings is 2. The van der Waals surface area contributed by atoms with Crippen molar-refractivity contribution >= 4 is 16.6 Å². The molecule has 3 N–H and O–H groups in total. The molecule has 0 aliphatic carbocycles. The number of hydrogen-bond acceptors (Lipinski definition) is 3. The van der Waals surface area contributed by atoms with Gasteiger partial charge in [-0.2, -0.15) is 0 Å². The van der Waals surface area contributed by atoms with Crippen LogP contribution in [-0.2, 0) is 0 Å². The minimum absolute atomic E-state index is 0.170. The van der Waals surface area contributed by atoms with Crippen molar-refractivity contribution in [2.75, 3.05) is 5.32 Å². The topological polar surface area (TPSA) is 61.2 Å². The Balaban J connectivity index is 1.82. The number of anilines is 1. The van der Waals surface area contributed by atoms with Crippen LogP contribution in [0.25, 0.3) is 10.9 Å². The minimum atomic E-state index is -0.322. The molecule has 2 aromatic carbocycles. The summed E-state index contributed by atoms with van der Waals surface area (Å²) >= 11 is 0. The van der Waals surface area contributed by atoms with Crippen molar-refractivity contribution in [1.29, 1.82) is 0 Å². The molecule has 0 radical (unpaired) electrons. The second-order valence-electron chi connectivity index (χ2n) is 5.58. The van der Waals surface area contributed by atoms with Crippen molar-refractivity contribution in [3.63, 3.8) is 0 Å². The molecule has 5 heteroatoms. The number of hydrogen-bond donors (Lipinski definition) is 3. The van der Waals surface area contributed by atoms with E-state index in [2.05, 4.69) is 10.3 Å². The molecular formula is C19H15FN2O2. The standard InChI is InChI=1S/C19H15FN2O2/c20-12-6-7-17-15(9-12)16(11-21-17)19(18-5-2-8-24-18)22-13-3-1-4-14(23)10-13/h1-11,19,21-23H. The molecule has 4 aromatic rings. The van der Waals surface area contributed by atoms with Gasteiger partial charge in [0.2, 0.25) is 0 Å². The zero-order valence-electron chi connectivity index (χ0n) is 12.7. The van der Waals surface area contributed by atoms with Gasteiger partial charge in [0.05, 0.1) is 6.26 Å². The van der Waals surface area contributed by atoms with E-state index in [9.17, 15) is 9.50 Å². The lowest BCUT2D eigenvalue weighted by atomic mass is 10.0. The predicted molar refractivity (Wildman–Crippen MR) is 90.5 cm³/mol. The molecule has 2 heterocycles. The smallest absolute Gasteiger partial charge is 0.130 e. The van der Waals surface area contributed by atoms with Crippen molar-refractivity contribution in [2.45, 2.75) is 6.04 Å². The second-order valence-corrected chi connectivity index (χ2v) is 5.58. The van der Waals surface area contributed by atoms with Crippen molar-refractivity contribution in [2.24, 2.45) is 0 Å². The fraction of sp³-hybridized carbons (Fsp3) is 0.0526. The molecule has 0 saturated heterocycles. The van der Waals surface area contributed by atoms with Gasteiger partial charge in [-0.1, -0.05) is 6.07 Å². The second kappa shape index (κ2) is 5.77. The van der Waals surface area contributed by atoms with Gasteiger partial charge >= 0.3 is 0 Å². The molecule has 1 unspecified atom stereocenters. The van der Waals surface area contributed by atoms with Crippen LogP contribution in [0.4, 0.5) is 10.1 Å². The number of halogens is 1. The van der Waals surface area contributed by atoms with Gasteiger partial charge in [0.15, 0.2) is 0 Å². The van der Waals surface area contributed by atoms with E-state index in [0.29, 0.717) is 5.76 Å². The third-order valence-corrected chi connectivity index (χ3v) is 3.97. The van der Waals surface area contributed by atoms with Crippen molar-refractivity contribution in [1.82, 2.24) is 4.98 Å². The molecule has 0 fully saturated rings. The first kappa shape index (κ1) is 14.4. The molecule has 4 rings (SSSR count). The number of fused-ring (bicyclic) bond motifs is 1. The average Bonchev–Trinajstić information content (AvgIpc) is 3.22. The summed E-state index contributed by atoms with van der Waals surface area (Å²) in [6.45, 7) is 0. The molecule has 0 aliphatic rings. The molecule has 0 aliphatic heterocycles. The van der Waals surface area contributed by atoms with Gasteiger partial charge in [0.25, 0.3) is 0 Å². The maximum Gasteiger partial charge on any atom is 0.130 e. The number of phenolic OH excluding ortho intramolecular Hbond substituents is 1. The highest BCUT2D eigenvalue weighted by Gasteiger charge is 2.21. The molecule has 0 spiro atoms. The highest BCUT2D eigenvalue weighted by molar-refractivity contribution is 5.84. The van der Waals surface area contributed by atoms with E-state index in [4.69, 9.17) is 4.42 Å². The zero-order valence-corrected chi connectivity index (χ0v) is 12.7. The van der Waals surface area contributed by atoms with Crippen LogP contribution in [0.2, 0.25) is 0 Å². The van der Waals surface area contributed by atoms with Gasteiger partial charge in [-0.05, 0) is 42.5 Å². The van der Waals surface area contributed by atoms with Crippen LogP contribution < -0.4 is 5.32 Å². The van der Waals surface area contributed by atoms with Gasteiger partial charge in [-0.15, -0.1) is 0 Å². The van der Waals surface area contributed by atoms with Gasteiger partial charge in [0, 0.05) is 34.4 Å². The SMILES string of the molecule is Oc1cccc(NC(c2ccco2)c2c[nH]c3ccc(F)cc23)c1. The third kappa shape index (κ3) is 2.60. The number of aromatic nitrogens is 1. The summed E-state index contributed by atoms with van der Waals surface area (Å²) < 4.78 is 19.3. The maximum absolute atomic E-state index is 13.7. The number of nitrogens with one attached hydrogen (secondary N) is 2. The Morgan fingerprint density at radius 1 is 1.08 bits per heavy atom. The number of furan rings is 1. The third-order valence-electron chi connectivity index (χ3n) is 3.97. The van der Waals surface area contributed by atoms with Crippen LogP contribution >= 0.6 is 0 Å². The Labute approximate surface area is 137 Å². The molecule has 120 valence electrons. The number of phenols is 1. The van der Waals surface area contributed by atoms with Crippen LogP contribution in [-0.4, -0.2) is 10.1 Å². The lowest BCUT2D eigenvalue weighted by molar-refractivity contribution is 0.475. The van der Waals surface area contributed by atoms with E-state index in [1.807, 2.05) is 24.4 Å². The molecule has 0 bridgehead atoms. The van der Waals surface area contributed by atoms with E-state index in [1.54, 1.807) is 30.5 Å². The predicted octanol–water partition coefficient (Wildman–Crippen LogP) is 4.81. The summed E-state index contributed by atoms with van der Waals surface area (Å²) in [5, 5.41) is 13.8. The van der Waals surface area contributed by atoms with E-state index < -0.39 is 0 Å². The molecule has 24 heavy (non-hydrogen) atoms. The largest absolute Gasteiger partial charge is 0.508 e. The fourth-order valence-corrected chi connectivity index (χ4v) is 2.87. The highest BCUT2D eigenvalue weighted by Crippen LogP contribution is 2.33. The average molecular weight is 322 g/mol. The molecular weight excluding hydrogens is 307 g/mol. The molecule has 4 nitrogen and oxygen atoms in total. The van der Waals surface area contributed by atoms with Crippen molar-refractivity contribution in [3.05, 3.63) is 84.2 Å². The van der Waals surface area contributed by atoms with E-state index in [0.717, 1.165) is 22.2 Å². The van der Waals surface area contributed by atoms with Crippen molar-refractivity contribution in [3.8, 4) is 5.75 Å². The molecule has 1 atom stereocenters. The molecule has 0 amide bonds. The summed E-state index contributed by atoms with van der Waals surface area (Å²) in [4.78, 5) is 3.16. The molecule has 2 aromatic heterocycles. The van der Waals surface area contributed by atoms with Gasteiger partial charge in [-0.25, -0.2) is 4.39 Å². The van der Waals surface area contributed by atoms with Crippen LogP contribution in [0, 0.1) is 5.82 Å². The number of aromatic hydroxyl groups is 1. The van der Waals surface area contributed by atoms with Crippen LogP contribution in [0.1, 0.15) is 17.4 Å². The first-order valence-corrected chi connectivity index (χ1v) is 7.56. The number of H-pyrrole nitrogens is 1. The van der Waals surface area contributed by atoms with Crippen LogP contribution in [0.5, 0.6) is 5.75 Å². The summed E-state index contributed by atoms with van der Waals surface area (Å²) in [6, 6.07) is 14.8. The Bertz CT molecular complexity index is 976. The summed E-state index contributed by atoms with van der Waals surface area (Å²) in [5.74, 6) is 0.575. The Morgan fingerprint density at radius 3 is 2.79 bits per heavy atom. The first-order valence-electron chi connectivity index (χ1n) is 7.56. The van der Waals surface area contributed by atoms with Gasteiger partial charge < -0.3 is 19.8 Å². The van der Waals surface area contributed by atoms with Crippen LogP contribution in [0.3, 0.4) is 0 Å². The fourth-order valence-electron chi connectivity index (χ4n) is 2.87. The molecule has 0 saturated carbocycles. The lowest BCUT2D eigenvalue weighted by Gasteiger charge is -2.18. The van der Waals surface area contributed by atoms with Gasteiger partial charge in [0.1, 0.15) is 23.4 Å². The van der Waals surface area contributed by atoms with E-state index in [1.165, 1.54) is 12.1 Å². The monoisotopic (exact) mass is 322 g/mol. The van der Waals surface area contributed by atoms with Crippen LogP contribution in [0.15, 0.2) is 71.5 Å². The first-order chi connectivity index (χ1) is 11.7. The van der Waals surface area contributed by atoms with E-state index >= 15 is 0 Å². The normalized spacial score (nSPS) is 12.4. The number of rotatable bonds is 4. The minimum Gasteiger partial charge on any atom is -0.508 e. The summed E-state index contributed by atoms with van der Waals surface area (Å²) in [5.41, 5.74) is 2.45. The Kier molecular flexibility index (Phi) is 3.46. The Hall–Kier alpha value is -3.21. The maximum atomic E-state index is 13.7. The van der Waals surface area contributed by atoms with E-state index in [-0.39, 0.29) is 17.6 Å². The quantitative estimate of drug-likeness (QED) is 0.505. The van der Waals surface area contributed by atoms with Crippen molar-refractivity contribution < 1.29 is 13.9 Å². The Morgan fingerprint density at radius 2 is 2.00 bits per heavy atom. The zero-order chi connectivity index (χ0) is 16.5. The highest BCUT2D eigenvalue weighted by atomic mass is 19.1.